The summed E-state index contributed by atoms with van der Waals surface area (Å²) in [6, 6.07) is 8.11. The first-order valence-corrected chi connectivity index (χ1v) is 8.10. The average Bonchev–Trinajstić information content (AvgIpc) is 3.02. The summed E-state index contributed by atoms with van der Waals surface area (Å²) in [6.07, 6.45) is 1.75. The molecule has 0 spiro atoms. The third-order valence-corrected chi connectivity index (χ3v) is 3.81. The quantitative estimate of drug-likeness (QED) is 0.832. The van der Waals surface area contributed by atoms with Crippen molar-refractivity contribution in [1.82, 2.24) is 15.1 Å². The Kier molecular flexibility index (Phi) is 5.47. The maximum Gasteiger partial charge on any atom is 0.387 e. The van der Waals surface area contributed by atoms with E-state index in [-0.39, 0.29) is 11.7 Å². The second-order valence-corrected chi connectivity index (χ2v) is 5.70. The van der Waals surface area contributed by atoms with E-state index >= 15 is 0 Å². The smallest absolute Gasteiger partial charge is 0.387 e. The van der Waals surface area contributed by atoms with Crippen molar-refractivity contribution in [1.29, 1.82) is 0 Å². The number of rotatable bonds is 7. The molecule has 0 saturated carbocycles. The number of aryl methyl sites for hydroxylation is 2. The molecule has 6 nitrogen and oxygen atoms in total. The van der Waals surface area contributed by atoms with Crippen LogP contribution in [0.3, 0.4) is 0 Å². The Hall–Kier alpha value is -2.64. The highest BCUT2D eigenvalue weighted by atomic mass is 19.3. The fourth-order valence-electron chi connectivity index (χ4n) is 2.58. The number of hydrogen-bond donors (Lipinski definition) is 1. The van der Waals surface area contributed by atoms with E-state index in [9.17, 15) is 13.6 Å². The van der Waals surface area contributed by atoms with Crippen molar-refractivity contribution in [3.8, 4) is 11.6 Å². The second-order valence-electron chi connectivity index (χ2n) is 5.70. The van der Waals surface area contributed by atoms with Gasteiger partial charge in [-0.25, -0.2) is 4.68 Å². The summed E-state index contributed by atoms with van der Waals surface area (Å²) in [6.45, 7) is -0.966. The molecule has 0 bridgehead atoms. The molecule has 3 rings (SSSR count). The Morgan fingerprint density at radius 3 is 2.88 bits per heavy atom. The fourth-order valence-corrected chi connectivity index (χ4v) is 2.58. The first-order chi connectivity index (χ1) is 12.1. The largest absolute Gasteiger partial charge is 0.478 e. The van der Waals surface area contributed by atoms with Gasteiger partial charge in [-0.15, -0.1) is 0 Å². The predicted molar refractivity (Wildman–Crippen MR) is 85.6 cm³/mol. The SMILES string of the molecule is O=C(CCc1ccc(OC(F)F)cc1)NCc1cc2n(n1)CCCO2. The van der Waals surface area contributed by atoms with Crippen LogP contribution < -0.4 is 14.8 Å². The van der Waals surface area contributed by atoms with E-state index in [1.165, 1.54) is 12.1 Å². The van der Waals surface area contributed by atoms with Crippen molar-refractivity contribution in [3.63, 3.8) is 0 Å². The molecule has 1 amide bonds. The van der Waals surface area contributed by atoms with Gasteiger partial charge in [0.2, 0.25) is 11.8 Å². The lowest BCUT2D eigenvalue weighted by atomic mass is 10.1. The van der Waals surface area contributed by atoms with E-state index < -0.39 is 6.61 Å². The van der Waals surface area contributed by atoms with Crippen LogP contribution in [0.5, 0.6) is 11.6 Å². The molecule has 2 heterocycles. The van der Waals surface area contributed by atoms with Crippen LogP contribution in [-0.4, -0.2) is 28.9 Å². The van der Waals surface area contributed by atoms with Gasteiger partial charge in [-0.3, -0.25) is 4.79 Å². The van der Waals surface area contributed by atoms with Crippen LogP contribution in [0.2, 0.25) is 0 Å². The van der Waals surface area contributed by atoms with E-state index in [2.05, 4.69) is 15.2 Å². The molecule has 0 fully saturated rings. The van der Waals surface area contributed by atoms with Crippen molar-refractivity contribution < 1.29 is 23.0 Å². The molecule has 1 N–H and O–H groups in total. The first-order valence-electron chi connectivity index (χ1n) is 8.10. The van der Waals surface area contributed by atoms with E-state index in [1.54, 1.807) is 16.8 Å². The second kappa shape index (κ2) is 7.96. The molecule has 1 aromatic carbocycles. The zero-order chi connectivity index (χ0) is 17.6. The number of aromatic nitrogens is 2. The summed E-state index contributed by atoms with van der Waals surface area (Å²) in [5, 5.41) is 7.20. The predicted octanol–water partition coefficient (Wildman–Crippen LogP) is 2.52. The van der Waals surface area contributed by atoms with Crippen LogP contribution >= 0.6 is 0 Å². The lowest BCUT2D eigenvalue weighted by molar-refractivity contribution is -0.121. The van der Waals surface area contributed by atoms with Gasteiger partial charge in [0.05, 0.1) is 18.8 Å². The third-order valence-electron chi connectivity index (χ3n) is 3.81. The van der Waals surface area contributed by atoms with Gasteiger partial charge in [0, 0.05) is 25.5 Å². The summed E-state index contributed by atoms with van der Waals surface area (Å²) < 4.78 is 35.7. The molecule has 2 aromatic rings. The molecule has 0 saturated heterocycles. The van der Waals surface area contributed by atoms with Gasteiger partial charge in [-0.05, 0) is 24.1 Å². The van der Waals surface area contributed by atoms with Crippen LogP contribution in [0.1, 0.15) is 24.1 Å². The van der Waals surface area contributed by atoms with Crippen molar-refractivity contribution in [2.45, 2.75) is 39.0 Å². The molecule has 0 radical (unpaired) electrons. The maximum atomic E-state index is 12.1. The number of fused-ring (bicyclic) bond motifs is 1. The summed E-state index contributed by atoms with van der Waals surface area (Å²) in [7, 11) is 0. The van der Waals surface area contributed by atoms with Gasteiger partial charge in [-0.2, -0.15) is 13.9 Å². The van der Waals surface area contributed by atoms with Crippen molar-refractivity contribution >= 4 is 5.91 Å². The molecule has 0 atom stereocenters. The number of halogens is 2. The van der Waals surface area contributed by atoms with Crippen molar-refractivity contribution in [2.24, 2.45) is 0 Å². The van der Waals surface area contributed by atoms with Gasteiger partial charge in [-0.1, -0.05) is 12.1 Å². The average molecular weight is 351 g/mol. The molecule has 134 valence electrons. The molecule has 1 aliphatic heterocycles. The topological polar surface area (TPSA) is 65.4 Å². The van der Waals surface area contributed by atoms with Crippen molar-refractivity contribution in [2.75, 3.05) is 6.61 Å². The highest BCUT2D eigenvalue weighted by molar-refractivity contribution is 5.76. The number of amides is 1. The number of alkyl halides is 2. The fraction of sp³-hybridized carbons (Fsp3) is 0.412. The number of nitrogens with one attached hydrogen (secondary N) is 1. The number of hydrogen-bond acceptors (Lipinski definition) is 4. The van der Waals surface area contributed by atoms with Gasteiger partial charge in [0.1, 0.15) is 5.75 Å². The summed E-state index contributed by atoms with van der Waals surface area (Å²) >= 11 is 0. The van der Waals surface area contributed by atoms with Crippen LogP contribution in [0, 0.1) is 0 Å². The van der Waals surface area contributed by atoms with Crippen LogP contribution in [0.25, 0.3) is 0 Å². The number of ether oxygens (including phenoxy) is 2. The third kappa shape index (κ3) is 4.91. The Morgan fingerprint density at radius 1 is 1.36 bits per heavy atom. The zero-order valence-electron chi connectivity index (χ0n) is 13.6. The van der Waals surface area contributed by atoms with Gasteiger partial charge in [0.15, 0.2) is 0 Å². The highest BCUT2D eigenvalue weighted by Crippen LogP contribution is 2.18. The monoisotopic (exact) mass is 351 g/mol. The maximum absolute atomic E-state index is 12.1. The van der Waals surface area contributed by atoms with Gasteiger partial charge in [0.25, 0.3) is 0 Å². The lowest BCUT2D eigenvalue weighted by Gasteiger charge is -2.13. The Bertz CT molecular complexity index is 693. The van der Waals surface area contributed by atoms with E-state index in [4.69, 9.17) is 4.74 Å². The molecule has 0 unspecified atom stereocenters. The minimum Gasteiger partial charge on any atom is -0.478 e. The summed E-state index contributed by atoms with van der Waals surface area (Å²) in [5.74, 6) is 0.746. The minimum atomic E-state index is -2.84. The van der Waals surface area contributed by atoms with E-state index in [0.29, 0.717) is 26.0 Å². The van der Waals surface area contributed by atoms with Crippen molar-refractivity contribution in [3.05, 3.63) is 41.6 Å². The molecule has 1 aliphatic rings. The molecule has 0 aliphatic carbocycles. The number of benzene rings is 1. The number of carbonyl (C=O) groups is 1. The van der Waals surface area contributed by atoms with Crippen LogP contribution in [0.15, 0.2) is 30.3 Å². The molecule has 1 aromatic heterocycles. The summed E-state index contributed by atoms with van der Waals surface area (Å²) in [4.78, 5) is 11.9. The van der Waals surface area contributed by atoms with Crippen LogP contribution in [-0.2, 0) is 24.3 Å². The first kappa shape index (κ1) is 17.2. The van der Waals surface area contributed by atoms with E-state index in [0.717, 1.165) is 30.1 Å². The normalized spacial score (nSPS) is 13.2. The van der Waals surface area contributed by atoms with E-state index in [1.807, 2.05) is 6.07 Å². The molecular formula is C17H19F2N3O3. The highest BCUT2D eigenvalue weighted by Gasteiger charge is 2.13. The minimum absolute atomic E-state index is 0.0974. The van der Waals surface area contributed by atoms with Gasteiger partial charge >= 0.3 is 6.61 Å². The number of carbonyl (C=O) groups excluding carboxylic acids is 1. The Labute approximate surface area is 143 Å². The lowest BCUT2D eigenvalue weighted by Crippen LogP contribution is -2.23. The molecule has 25 heavy (non-hydrogen) atoms. The summed E-state index contributed by atoms with van der Waals surface area (Å²) in [5.41, 5.74) is 1.64. The number of nitrogens with zero attached hydrogens (tertiary/aromatic N) is 2. The van der Waals surface area contributed by atoms with Gasteiger partial charge < -0.3 is 14.8 Å². The standard InChI is InChI=1S/C17H19F2N3O3/c18-17(19)25-14-5-2-12(3-6-14)4-7-15(23)20-11-13-10-16-22(21-13)8-1-9-24-16/h2-3,5-6,10,17H,1,4,7-9,11H2,(H,20,23). The molecular weight excluding hydrogens is 332 g/mol. The van der Waals surface area contributed by atoms with Crippen LogP contribution in [0.4, 0.5) is 8.78 Å². The Morgan fingerprint density at radius 2 is 2.16 bits per heavy atom. The Balaban J connectivity index is 1.42. The zero-order valence-corrected chi connectivity index (χ0v) is 13.6. The molecule has 8 heteroatoms.